The Hall–Kier alpha value is -3.51. The molecule has 0 fully saturated rings. The van der Waals surface area contributed by atoms with Gasteiger partial charge in [0.1, 0.15) is 5.75 Å². The van der Waals surface area contributed by atoms with Crippen molar-refractivity contribution in [1.29, 1.82) is 0 Å². The summed E-state index contributed by atoms with van der Waals surface area (Å²) in [6, 6.07) is 20.5. The van der Waals surface area contributed by atoms with Crippen LogP contribution < -0.4 is 20.5 Å². The van der Waals surface area contributed by atoms with Gasteiger partial charge in [-0.05, 0) is 60.0 Å². The molecule has 1 heterocycles. The van der Waals surface area contributed by atoms with E-state index >= 15 is 0 Å². The van der Waals surface area contributed by atoms with Crippen LogP contribution in [0.4, 0.5) is 5.69 Å². The van der Waals surface area contributed by atoms with Gasteiger partial charge in [0.15, 0.2) is 0 Å². The van der Waals surface area contributed by atoms with E-state index < -0.39 is 11.8 Å². The number of nitrogens with one attached hydrogen (secondary N) is 2. The molecule has 1 aliphatic rings. The normalized spacial score (nSPS) is 12.6. The maximum absolute atomic E-state index is 12.4. The van der Waals surface area contributed by atoms with Crippen LogP contribution in [0.2, 0.25) is 5.02 Å². The summed E-state index contributed by atoms with van der Waals surface area (Å²) in [7, 11) is 1.45. The number of fused-ring (bicyclic) bond motifs is 1. The molecule has 0 aromatic heterocycles. The third-order valence-corrected chi connectivity index (χ3v) is 5.56. The molecule has 31 heavy (non-hydrogen) atoms. The predicted molar refractivity (Wildman–Crippen MR) is 121 cm³/mol. The number of halogens is 1. The molecular formula is C24H22ClN3O3. The minimum absolute atomic E-state index is 0.271. The van der Waals surface area contributed by atoms with Crippen LogP contribution in [0.15, 0.2) is 66.7 Å². The first-order valence-electron chi connectivity index (χ1n) is 9.91. The van der Waals surface area contributed by atoms with Gasteiger partial charge in [-0.1, -0.05) is 35.9 Å². The second kappa shape index (κ2) is 9.10. The monoisotopic (exact) mass is 435 g/mol. The maximum atomic E-state index is 12.4. The van der Waals surface area contributed by atoms with E-state index in [-0.39, 0.29) is 5.56 Å². The SMILES string of the molecule is COc1cc(Cl)ccc1C(=O)NNC(=O)c1ccc(N2CCc3ccccc3C2)cc1. The number of ether oxygens (including phenoxy) is 1. The van der Waals surface area contributed by atoms with E-state index in [1.807, 2.05) is 12.1 Å². The first-order valence-corrected chi connectivity index (χ1v) is 10.3. The number of rotatable bonds is 4. The fourth-order valence-corrected chi connectivity index (χ4v) is 3.81. The molecule has 0 unspecified atom stereocenters. The van der Waals surface area contributed by atoms with Crippen molar-refractivity contribution >= 4 is 29.1 Å². The van der Waals surface area contributed by atoms with Crippen molar-refractivity contribution in [2.45, 2.75) is 13.0 Å². The molecule has 0 bridgehead atoms. The molecule has 0 spiro atoms. The van der Waals surface area contributed by atoms with Crippen molar-refractivity contribution in [3.8, 4) is 5.75 Å². The summed E-state index contributed by atoms with van der Waals surface area (Å²) in [4.78, 5) is 27.1. The zero-order chi connectivity index (χ0) is 21.8. The number of anilines is 1. The Labute approximate surface area is 185 Å². The molecular weight excluding hydrogens is 414 g/mol. The summed E-state index contributed by atoms with van der Waals surface area (Å²) in [5.74, 6) is -0.575. The topological polar surface area (TPSA) is 70.7 Å². The van der Waals surface area contributed by atoms with Gasteiger partial charge in [0.25, 0.3) is 11.8 Å². The number of carbonyl (C=O) groups excluding carboxylic acids is 2. The number of hydrogen-bond acceptors (Lipinski definition) is 4. The molecule has 6 nitrogen and oxygen atoms in total. The Balaban J connectivity index is 1.37. The molecule has 158 valence electrons. The largest absolute Gasteiger partial charge is 0.496 e. The van der Waals surface area contributed by atoms with Crippen LogP contribution in [-0.4, -0.2) is 25.5 Å². The van der Waals surface area contributed by atoms with Crippen molar-refractivity contribution in [2.24, 2.45) is 0 Å². The Morgan fingerprint density at radius 2 is 1.65 bits per heavy atom. The second-order valence-electron chi connectivity index (χ2n) is 7.24. The molecule has 2 amide bonds. The summed E-state index contributed by atoms with van der Waals surface area (Å²) >= 11 is 5.92. The highest BCUT2D eigenvalue weighted by atomic mass is 35.5. The van der Waals surface area contributed by atoms with Gasteiger partial charge in [0, 0.05) is 29.4 Å². The van der Waals surface area contributed by atoms with E-state index in [1.165, 1.54) is 30.4 Å². The first kappa shape index (κ1) is 20.8. The molecule has 0 atom stereocenters. The lowest BCUT2D eigenvalue weighted by atomic mass is 9.99. The van der Waals surface area contributed by atoms with Gasteiger partial charge in [-0.15, -0.1) is 0 Å². The number of hydrazine groups is 1. The number of amides is 2. The number of nitrogens with zero attached hydrogens (tertiary/aromatic N) is 1. The zero-order valence-electron chi connectivity index (χ0n) is 17.0. The Morgan fingerprint density at radius 3 is 2.39 bits per heavy atom. The summed E-state index contributed by atoms with van der Waals surface area (Å²) in [5.41, 5.74) is 9.34. The lowest BCUT2D eigenvalue weighted by Gasteiger charge is -2.30. The highest BCUT2D eigenvalue weighted by Gasteiger charge is 2.17. The summed E-state index contributed by atoms with van der Waals surface area (Å²) in [6.45, 7) is 1.78. The van der Waals surface area contributed by atoms with Crippen molar-refractivity contribution in [2.75, 3.05) is 18.6 Å². The van der Waals surface area contributed by atoms with Crippen LogP contribution in [0.5, 0.6) is 5.75 Å². The Bertz CT molecular complexity index is 1120. The van der Waals surface area contributed by atoms with Crippen LogP contribution in [0, 0.1) is 0 Å². The van der Waals surface area contributed by atoms with Gasteiger partial charge < -0.3 is 9.64 Å². The fraction of sp³-hybridized carbons (Fsp3) is 0.167. The quantitative estimate of drug-likeness (QED) is 0.608. The zero-order valence-corrected chi connectivity index (χ0v) is 17.8. The van der Waals surface area contributed by atoms with Crippen molar-refractivity contribution in [3.63, 3.8) is 0 Å². The van der Waals surface area contributed by atoms with Gasteiger partial charge in [0.05, 0.1) is 12.7 Å². The fourth-order valence-electron chi connectivity index (χ4n) is 3.65. The lowest BCUT2D eigenvalue weighted by molar-refractivity contribution is 0.0845. The highest BCUT2D eigenvalue weighted by molar-refractivity contribution is 6.30. The maximum Gasteiger partial charge on any atom is 0.273 e. The van der Waals surface area contributed by atoms with Crippen LogP contribution in [0.1, 0.15) is 31.8 Å². The third kappa shape index (κ3) is 4.64. The van der Waals surface area contributed by atoms with Crippen molar-refractivity contribution in [1.82, 2.24) is 10.9 Å². The smallest absolute Gasteiger partial charge is 0.273 e. The Kier molecular flexibility index (Phi) is 6.09. The minimum atomic E-state index is -0.495. The van der Waals surface area contributed by atoms with Crippen LogP contribution in [-0.2, 0) is 13.0 Å². The summed E-state index contributed by atoms with van der Waals surface area (Å²) in [6.07, 6.45) is 0.999. The molecule has 3 aromatic rings. The average molecular weight is 436 g/mol. The van der Waals surface area contributed by atoms with E-state index in [4.69, 9.17) is 16.3 Å². The number of carbonyl (C=O) groups is 2. The van der Waals surface area contributed by atoms with Gasteiger partial charge in [-0.2, -0.15) is 0 Å². The molecule has 7 heteroatoms. The summed E-state index contributed by atoms with van der Waals surface area (Å²) < 4.78 is 5.17. The van der Waals surface area contributed by atoms with E-state index in [0.717, 1.165) is 25.2 Å². The third-order valence-electron chi connectivity index (χ3n) is 5.32. The first-order chi connectivity index (χ1) is 15.0. The molecule has 3 aromatic carbocycles. The van der Waals surface area contributed by atoms with E-state index in [0.29, 0.717) is 16.3 Å². The van der Waals surface area contributed by atoms with Crippen LogP contribution in [0.3, 0.4) is 0 Å². The molecule has 0 saturated heterocycles. The molecule has 4 rings (SSSR count). The van der Waals surface area contributed by atoms with Gasteiger partial charge in [-0.25, -0.2) is 0 Å². The van der Waals surface area contributed by atoms with E-state index in [1.54, 1.807) is 18.2 Å². The molecule has 1 aliphatic heterocycles. The predicted octanol–water partition coefficient (Wildman–Crippen LogP) is 3.99. The number of methoxy groups -OCH3 is 1. The van der Waals surface area contributed by atoms with E-state index in [9.17, 15) is 9.59 Å². The molecule has 0 radical (unpaired) electrons. The number of benzene rings is 3. The molecule has 0 saturated carbocycles. The lowest BCUT2D eigenvalue weighted by Crippen LogP contribution is -2.41. The van der Waals surface area contributed by atoms with Gasteiger partial charge >= 0.3 is 0 Å². The Morgan fingerprint density at radius 1 is 0.935 bits per heavy atom. The highest BCUT2D eigenvalue weighted by Crippen LogP contribution is 2.25. The summed E-state index contributed by atoms with van der Waals surface area (Å²) in [5, 5.41) is 0.453. The number of hydrogen-bond donors (Lipinski definition) is 2. The molecule has 0 aliphatic carbocycles. The standard InChI is InChI=1S/C24H22ClN3O3/c1-31-22-14-19(25)8-11-21(22)24(30)27-26-23(29)17-6-9-20(10-7-17)28-13-12-16-4-2-3-5-18(16)15-28/h2-11,14H,12-13,15H2,1H3,(H,26,29)(H,27,30). The van der Waals surface area contributed by atoms with Crippen molar-refractivity contribution < 1.29 is 14.3 Å². The molecule has 2 N–H and O–H groups in total. The minimum Gasteiger partial charge on any atom is -0.496 e. The van der Waals surface area contributed by atoms with Gasteiger partial charge in [0.2, 0.25) is 0 Å². The van der Waals surface area contributed by atoms with E-state index in [2.05, 4.69) is 40.0 Å². The van der Waals surface area contributed by atoms with Gasteiger partial charge in [-0.3, -0.25) is 20.4 Å². The van der Waals surface area contributed by atoms with Crippen LogP contribution in [0.25, 0.3) is 0 Å². The van der Waals surface area contributed by atoms with Crippen LogP contribution >= 0.6 is 11.6 Å². The average Bonchev–Trinajstić information content (AvgIpc) is 2.82. The van der Waals surface area contributed by atoms with Crippen molar-refractivity contribution in [3.05, 3.63) is 94.0 Å². The second-order valence-corrected chi connectivity index (χ2v) is 7.68.